The number of carbonyl (C=O) groups excluding carboxylic acids is 1. The number of rotatable bonds is 3. The molecule has 0 saturated carbocycles. The van der Waals surface area contributed by atoms with Crippen LogP contribution in [0.15, 0.2) is 46.9 Å². The van der Waals surface area contributed by atoms with E-state index in [0.717, 1.165) is 10.0 Å². The fourth-order valence-electron chi connectivity index (χ4n) is 1.73. The van der Waals surface area contributed by atoms with Gasteiger partial charge in [-0.1, -0.05) is 12.1 Å². The van der Waals surface area contributed by atoms with Crippen LogP contribution < -0.4 is 11.1 Å². The Morgan fingerprint density at radius 3 is 2.45 bits per heavy atom. The van der Waals surface area contributed by atoms with Crippen molar-refractivity contribution < 1.29 is 9.90 Å². The van der Waals surface area contributed by atoms with Crippen LogP contribution in [0.4, 0.5) is 11.4 Å². The van der Waals surface area contributed by atoms with Crippen molar-refractivity contribution >= 4 is 33.2 Å². The van der Waals surface area contributed by atoms with Gasteiger partial charge < -0.3 is 16.2 Å². The van der Waals surface area contributed by atoms with E-state index in [1.807, 2.05) is 0 Å². The van der Waals surface area contributed by atoms with Crippen LogP contribution in [-0.2, 0) is 0 Å². The summed E-state index contributed by atoms with van der Waals surface area (Å²) < 4.78 is 0.760. The molecule has 0 fully saturated rings. The number of aliphatic hydroxyl groups excluding tert-OH is 1. The normalized spacial score (nSPS) is 11.9. The highest BCUT2D eigenvalue weighted by atomic mass is 79.9. The molecule has 2 aromatic carbocycles. The van der Waals surface area contributed by atoms with Crippen LogP contribution in [0.2, 0.25) is 0 Å². The molecule has 1 amide bonds. The van der Waals surface area contributed by atoms with Gasteiger partial charge in [0.15, 0.2) is 0 Å². The lowest BCUT2D eigenvalue weighted by molar-refractivity contribution is 0.102. The van der Waals surface area contributed by atoms with E-state index < -0.39 is 6.10 Å². The first kappa shape index (κ1) is 14.6. The van der Waals surface area contributed by atoms with Crippen molar-refractivity contribution in [2.24, 2.45) is 0 Å². The lowest BCUT2D eigenvalue weighted by atomic mass is 10.1. The summed E-state index contributed by atoms with van der Waals surface area (Å²) in [7, 11) is 0. The van der Waals surface area contributed by atoms with Crippen LogP contribution >= 0.6 is 15.9 Å². The Bertz CT molecular complexity index is 624. The second-order valence-corrected chi connectivity index (χ2v) is 5.34. The molecule has 5 heteroatoms. The van der Waals surface area contributed by atoms with Gasteiger partial charge in [-0.2, -0.15) is 0 Å². The van der Waals surface area contributed by atoms with Gasteiger partial charge in [-0.05, 0) is 58.7 Å². The number of nitrogens with one attached hydrogen (secondary N) is 1. The molecule has 0 radical (unpaired) electrons. The number of nitrogen functional groups attached to an aromatic ring is 1. The van der Waals surface area contributed by atoms with Crippen molar-refractivity contribution in [1.82, 2.24) is 0 Å². The summed E-state index contributed by atoms with van der Waals surface area (Å²) in [6, 6.07) is 12.1. The summed E-state index contributed by atoms with van der Waals surface area (Å²) >= 11 is 3.29. The van der Waals surface area contributed by atoms with E-state index in [1.54, 1.807) is 49.4 Å². The van der Waals surface area contributed by atoms with Crippen molar-refractivity contribution in [3.05, 3.63) is 58.1 Å². The molecule has 0 aliphatic heterocycles. The summed E-state index contributed by atoms with van der Waals surface area (Å²) in [6.45, 7) is 1.69. The summed E-state index contributed by atoms with van der Waals surface area (Å²) in [6.07, 6.45) is -0.522. The lowest BCUT2D eigenvalue weighted by Gasteiger charge is -2.09. The van der Waals surface area contributed by atoms with Crippen molar-refractivity contribution in [3.8, 4) is 0 Å². The third kappa shape index (κ3) is 3.37. The van der Waals surface area contributed by atoms with Crippen molar-refractivity contribution in [2.75, 3.05) is 11.1 Å². The Morgan fingerprint density at radius 1 is 1.25 bits per heavy atom. The van der Waals surface area contributed by atoms with E-state index in [2.05, 4.69) is 21.2 Å². The molecule has 0 spiro atoms. The number of aliphatic hydroxyl groups is 1. The topological polar surface area (TPSA) is 75.3 Å². The zero-order valence-corrected chi connectivity index (χ0v) is 12.5. The zero-order valence-electron chi connectivity index (χ0n) is 10.9. The van der Waals surface area contributed by atoms with Crippen LogP contribution in [0.5, 0.6) is 0 Å². The molecule has 20 heavy (non-hydrogen) atoms. The quantitative estimate of drug-likeness (QED) is 0.753. The Kier molecular flexibility index (Phi) is 4.42. The Balaban J connectivity index is 2.12. The SMILES string of the molecule is C[C@H](O)c1ccc(NC(=O)c2ccc(Br)c(N)c2)cc1. The number of hydrogen-bond acceptors (Lipinski definition) is 3. The van der Waals surface area contributed by atoms with Crippen LogP contribution in [0, 0.1) is 0 Å². The molecule has 1 atom stereocenters. The van der Waals surface area contributed by atoms with E-state index in [9.17, 15) is 9.90 Å². The molecule has 4 nitrogen and oxygen atoms in total. The molecular weight excluding hydrogens is 320 g/mol. The predicted octanol–water partition coefficient (Wildman–Crippen LogP) is 3.34. The van der Waals surface area contributed by atoms with E-state index in [1.165, 1.54) is 0 Å². The van der Waals surface area contributed by atoms with Crippen LogP contribution in [0.3, 0.4) is 0 Å². The van der Waals surface area contributed by atoms with Gasteiger partial charge in [-0.15, -0.1) is 0 Å². The van der Waals surface area contributed by atoms with Crippen molar-refractivity contribution in [1.29, 1.82) is 0 Å². The van der Waals surface area contributed by atoms with E-state index >= 15 is 0 Å². The second kappa shape index (κ2) is 6.07. The summed E-state index contributed by atoms with van der Waals surface area (Å²) in [5.74, 6) is -0.228. The maximum atomic E-state index is 12.1. The Hall–Kier alpha value is -1.85. The van der Waals surface area contributed by atoms with E-state index in [4.69, 9.17) is 5.73 Å². The zero-order chi connectivity index (χ0) is 14.7. The highest BCUT2D eigenvalue weighted by Crippen LogP contribution is 2.21. The highest BCUT2D eigenvalue weighted by molar-refractivity contribution is 9.10. The summed E-state index contributed by atoms with van der Waals surface area (Å²) in [5.41, 5.74) is 8.23. The Morgan fingerprint density at radius 2 is 1.90 bits per heavy atom. The van der Waals surface area contributed by atoms with E-state index in [-0.39, 0.29) is 5.91 Å². The van der Waals surface area contributed by atoms with Crippen LogP contribution in [0.1, 0.15) is 28.9 Å². The maximum Gasteiger partial charge on any atom is 0.255 e. The monoisotopic (exact) mass is 334 g/mol. The first-order valence-corrected chi connectivity index (χ1v) is 6.91. The van der Waals surface area contributed by atoms with Gasteiger partial charge in [-0.25, -0.2) is 0 Å². The molecule has 0 heterocycles. The van der Waals surface area contributed by atoms with Gasteiger partial charge in [0, 0.05) is 21.4 Å². The number of hydrogen-bond donors (Lipinski definition) is 3. The van der Waals surface area contributed by atoms with Crippen molar-refractivity contribution in [2.45, 2.75) is 13.0 Å². The molecule has 0 saturated heterocycles. The largest absolute Gasteiger partial charge is 0.398 e. The van der Waals surface area contributed by atoms with E-state index in [0.29, 0.717) is 16.9 Å². The fourth-order valence-corrected chi connectivity index (χ4v) is 1.98. The molecule has 0 aliphatic rings. The maximum absolute atomic E-state index is 12.1. The molecule has 2 rings (SSSR count). The molecular formula is C15H15BrN2O2. The number of benzene rings is 2. The number of anilines is 2. The van der Waals surface area contributed by atoms with Gasteiger partial charge >= 0.3 is 0 Å². The molecule has 4 N–H and O–H groups in total. The van der Waals surface area contributed by atoms with Gasteiger partial charge in [0.25, 0.3) is 5.91 Å². The van der Waals surface area contributed by atoms with Gasteiger partial charge in [0.2, 0.25) is 0 Å². The average Bonchev–Trinajstić information content (AvgIpc) is 2.42. The Labute approximate surface area is 125 Å². The molecule has 0 aromatic heterocycles. The number of amides is 1. The minimum absolute atomic E-state index is 0.228. The van der Waals surface area contributed by atoms with Gasteiger partial charge in [0.05, 0.1) is 6.10 Å². The smallest absolute Gasteiger partial charge is 0.255 e. The average molecular weight is 335 g/mol. The van der Waals surface area contributed by atoms with Crippen LogP contribution in [-0.4, -0.2) is 11.0 Å². The minimum atomic E-state index is -0.522. The van der Waals surface area contributed by atoms with Gasteiger partial charge in [0.1, 0.15) is 0 Å². The fraction of sp³-hybridized carbons (Fsp3) is 0.133. The number of nitrogens with two attached hydrogens (primary N) is 1. The number of carbonyl (C=O) groups is 1. The molecule has 0 bridgehead atoms. The van der Waals surface area contributed by atoms with Gasteiger partial charge in [-0.3, -0.25) is 4.79 Å². The third-order valence-electron chi connectivity index (χ3n) is 2.91. The predicted molar refractivity (Wildman–Crippen MR) is 83.6 cm³/mol. The highest BCUT2D eigenvalue weighted by Gasteiger charge is 2.08. The summed E-state index contributed by atoms with van der Waals surface area (Å²) in [5, 5.41) is 12.2. The second-order valence-electron chi connectivity index (χ2n) is 4.49. The van der Waals surface area contributed by atoms with Crippen LogP contribution in [0.25, 0.3) is 0 Å². The minimum Gasteiger partial charge on any atom is -0.398 e. The molecule has 104 valence electrons. The first-order chi connectivity index (χ1) is 9.47. The van der Waals surface area contributed by atoms with Crippen molar-refractivity contribution in [3.63, 3.8) is 0 Å². The molecule has 2 aromatic rings. The standard InChI is InChI=1S/C15H15BrN2O2/c1-9(19)10-2-5-12(6-3-10)18-15(20)11-4-7-13(16)14(17)8-11/h2-9,19H,17H2,1H3,(H,18,20)/t9-/m0/s1. The molecule has 0 aliphatic carbocycles. The first-order valence-electron chi connectivity index (χ1n) is 6.12. The third-order valence-corrected chi connectivity index (χ3v) is 3.63. The molecule has 0 unspecified atom stereocenters. The number of halogens is 1. The summed E-state index contributed by atoms with van der Waals surface area (Å²) in [4.78, 5) is 12.1. The lowest BCUT2D eigenvalue weighted by Crippen LogP contribution is -2.12.